The van der Waals surface area contributed by atoms with E-state index in [0.29, 0.717) is 12.3 Å². The lowest BCUT2D eigenvalue weighted by atomic mass is 9.86. The molecule has 2 saturated carbocycles. The van der Waals surface area contributed by atoms with Crippen molar-refractivity contribution in [3.05, 3.63) is 29.5 Å². The molecule has 5 heteroatoms. The number of nitrogens with zero attached hydrogens (tertiary/aromatic N) is 1. The van der Waals surface area contributed by atoms with Gasteiger partial charge in [-0.25, -0.2) is 4.98 Å². The van der Waals surface area contributed by atoms with E-state index in [9.17, 15) is 4.79 Å². The highest BCUT2D eigenvalue weighted by molar-refractivity contribution is 7.13. The van der Waals surface area contributed by atoms with E-state index in [2.05, 4.69) is 4.98 Å². The lowest BCUT2D eigenvalue weighted by Crippen LogP contribution is -2.17. The summed E-state index contributed by atoms with van der Waals surface area (Å²) in [5.74, 6) is 2.87. The summed E-state index contributed by atoms with van der Waals surface area (Å²) in [4.78, 5) is 16.5. The standard InChI is InChI=1S/C17H19NO3S/c19-16(8-13-7-11-3-4-12(13)6-11)21-9-14-10-22-17(18-14)15-2-1-5-20-15/h1-2,5,10-13H,3-4,6-9H2/t11-,12-,13+/m0/s1. The van der Waals surface area contributed by atoms with Gasteiger partial charge < -0.3 is 9.15 Å². The zero-order chi connectivity index (χ0) is 14.9. The Bertz CT molecular complexity index is 649. The van der Waals surface area contributed by atoms with E-state index in [-0.39, 0.29) is 12.6 Å². The van der Waals surface area contributed by atoms with Gasteiger partial charge in [0, 0.05) is 11.8 Å². The van der Waals surface area contributed by atoms with Crippen LogP contribution < -0.4 is 0 Å². The predicted molar refractivity (Wildman–Crippen MR) is 83.2 cm³/mol. The maximum Gasteiger partial charge on any atom is 0.306 e. The quantitative estimate of drug-likeness (QED) is 0.773. The van der Waals surface area contributed by atoms with Crippen LogP contribution in [0.1, 0.15) is 37.8 Å². The van der Waals surface area contributed by atoms with Gasteiger partial charge in [0.1, 0.15) is 6.61 Å². The van der Waals surface area contributed by atoms with Crippen LogP contribution in [0.5, 0.6) is 0 Å². The van der Waals surface area contributed by atoms with E-state index < -0.39 is 0 Å². The van der Waals surface area contributed by atoms with Gasteiger partial charge in [-0.3, -0.25) is 4.79 Å². The number of fused-ring (bicyclic) bond motifs is 2. The van der Waals surface area contributed by atoms with E-state index in [0.717, 1.165) is 28.3 Å². The Balaban J connectivity index is 1.28. The number of ether oxygens (including phenoxy) is 1. The molecule has 0 aliphatic heterocycles. The molecule has 116 valence electrons. The van der Waals surface area contributed by atoms with Crippen LogP contribution in [-0.4, -0.2) is 11.0 Å². The number of hydrogen-bond donors (Lipinski definition) is 0. The van der Waals surface area contributed by atoms with Gasteiger partial charge in [-0.05, 0) is 49.1 Å². The van der Waals surface area contributed by atoms with Crippen molar-refractivity contribution in [2.24, 2.45) is 17.8 Å². The molecule has 0 amide bonds. The Hall–Kier alpha value is -1.62. The molecule has 2 bridgehead atoms. The molecular weight excluding hydrogens is 298 g/mol. The molecule has 0 unspecified atom stereocenters. The van der Waals surface area contributed by atoms with E-state index in [1.807, 2.05) is 17.5 Å². The minimum atomic E-state index is -0.0786. The number of aromatic nitrogens is 1. The van der Waals surface area contributed by atoms with Crippen LogP contribution in [0.4, 0.5) is 0 Å². The lowest BCUT2D eigenvalue weighted by molar-refractivity contribution is -0.146. The van der Waals surface area contributed by atoms with Crippen LogP contribution in [0.3, 0.4) is 0 Å². The monoisotopic (exact) mass is 317 g/mol. The normalized spacial score (nSPS) is 26.5. The molecule has 2 aromatic rings. The van der Waals surface area contributed by atoms with Crippen LogP contribution in [0, 0.1) is 17.8 Å². The zero-order valence-corrected chi connectivity index (χ0v) is 13.2. The van der Waals surface area contributed by atoms with Crippen LogP contribution in [0.2, 0.25) is 0 Å². The molecule has 2 aliphatic rings. The van der Waals surface area contributed by atoms with Gasteiger partial charge in [-0.1, -0.05) is 6.42 Å². The molecule has 0 aromatic carbocycles. The third-order valence-corrected chi connectivity index (χ3v) is 5.88. The maximum absolute atomic E-state index is 12.0. The summed E-state index contributed by atoms with van der Waals surface area (Å²) < 4.78 is 10.7. The smallest absolute Gasteiger partial charge is 0.306 e. The summed E-state index contributed by atoms with van der Waals surface area (Å²) in [5.41, 5.74) is 0.790. The fraction of sp³-hybridized carbons (Fsp3) is 0.529. The molecule has 4 rings (SSSR count). The van der Waals surface area contributed by atoms with Crippen molar-refractivity contribution in [1.82, 2.24) is 4.98 Å². The Labute approximate surface area is 133 Å². The summed E-state index contributed by atoms with van der Waals surface area (Å²) in [6, 6.07) is 3.72. The molecule has 0 radical (unpaired) electrons. The number of esters is 1. The predicted octanol–water partition coefficient (Wildman–Crippen LogP) is 4.27. The first kappa shape index (κ1) is 14.0. The van der Waals surface area contributed by atoms with Crippen molar-refractivity contribution in [3.8, 4) is 10.8 Å². The number of hydrogen-bond acceptors (Lipinski definition) is 5. The lowest BCUT2D eigenvalue weighted by Gasteiger charge is -2.20. The molecule has 22 heavy (non-hydrogen) atoms. The first-order valence-electron chi connectivity index (χ1n) is 7.92. The first-order chi connectivity index (χ1) is 10.8. The summed E-state index contributed by atoms with van der Waals surface area (Å²) >= 11 is 1.51. The number of rotatable bonds is 5. The maximum atomic E-state index is 12.0. The average molecular weight is 317 g/mol. The van der Waals surface area contributed by atoms with Crippen molar-refractivity contribution in [2.75, 3.05) is 0 Å². The summed E-state index contributed by atoms with van der Waals surface area (Å²) in [7, 11) is 0. The van der Waals surface area contributed by atoms with Gasteiger partial charge in [0.05, 0.1) is 12.0 Å². The van der Waals surface area contributed by atoms with Crippen LogP contribution >= 0.6 is 11.3 Å². The summed E-state index contributed by atoms with van der Waals surface area (Å²) in [6.07, 6.45) is 7.43. The average Bonchev–Trinajstić information content (AvgIpc) is 3.27. The van der Waals surface area contributed by atoms with Crippen molar-refractivity contribution >= 4 is 17.3 Å². The van der Waals surface area contributed by atoms with Gasteiger partial charge in [-0.15, -0.1) is 11.3 Å². The van der Waals surface area contributed by atoms with E-state index >= 15 is 0 Å². The topological polar surface area (TPSA) is 52.3 Å². The Kier molecular flexibility index (Phi) is 3.74. The molecular formula is C17H19NO3S. The highest BCUT2D eigenvalue weighted by Crippen LogP contribution is 2.49. The second-order valence-corrected chi connectivity index (χ2v) is 7.28. The number of carbonyl (C=O) groups is 1. The molecule has 3 atom stereocenters. The van der Waals surface area contributed by atoms with Crippen molar-refractivity contribution in [2.45, 2.75) is 38.7 Å². The molecule has 2 fully saturated rings. The third-order valence-electron chi connectivity index (χ3n) is 4.98. The molecule has 0 saturated heterocycles. The highest BCUT2D eigenvalue weighted by atomic mass is 32.1. The fourth-order valence-corrected chi connectivity index (χ4v) is 4.71. The van der Waals surface area contributed by atoms with Gasteiger partial charge in [0.15, 0.2) is 10.8 Å². The van der Waals surface area contributed by atoms with Crippen LogP contribution in [-0.2, 0) is 16.1 Å². The van der Waals surface area contributed by atoms with Gasteiger partial charge in [0.25, 0.3) is 0 Å². The van der Waals surface area contributed by atoms with Crippen LogP contribution in [0.25, 0.3) is 10.8 Å². The highest BCUT2D eigenvalue weighted by Gasteiger charge is 2.40. The second-order valence-electron chi connectivity index (χ2n) is 6.42. The third kappa shape index (κ3) is 2.82. The molecule has 0 spiro atoms. The van der Waals surface area contributed by atoms with Crippen molar-refractivity contribution in [3.63, 3.8) is 0 Å². The first-order valence-corrected chi connectivity index (χ1v) is 8.80. The van der Waals surface area contributed by atoms with Gasteiger partial charge in [0.2, 0.25) is 0 Å². The molecule has 4 nitrogen and oxygen atoms in total. The fourth-order valence-electron chi connectivity index (χ4n) is 3.94. The number of furan rings is 1. The van der Waals surface area contributed by atoms with Crippen molar-refractivity contribution < 1.29 is 13.9 Å². The Morgan fingerprint density at radius 3 is 3.09 bits per heavy atom. The van der Waals surface area contributed by atoms with Crippen molar-refractivity contribution in [1.29, 1.82) is 0 Å². The molecule has 2 heterocycles. The molecule has 2 aliphatic carbocycles. The van der Waals surface area contributed by atoms with Gasteiger partial charge in [-0.2, -0.15) is 0 Å². The number of carbonyl (C=O) groups excluding carboxylic acids is 1. The largest absolute Gasteiger partial charge is 0.462 e. The molecule has 2 aromatic heterocycles. The minimum absolute atomic E-state index is 0.0786. The second kappa shape index (κ2) is 5.88. The van der Waals surface area contributed by atoms with E-state index in [1.54, 1.807) is 6.26 Å². The Morgan fingerprint density at radius 1 is 1.41 bits per heavy atom. The zero-order valence-electron chi connectivity index (χ0n) is 12.4. The Morgan fingerprint density at radius 2 is 2.36 bits per heavy atom. The van der Waals surface area contributed by atoms with Crippen LogP contribution in [0.15, 0.2) is 28.2 Å². The SMILES string of the molecule is O=C(C[C@H]1C[C@H]2CC[C@H]1C2)OCc1csc(-c2ccco2)n1. The molecule has 0 N–H and O–H groups in total. The number of thiazole rings is 1. The van der Waals surface area contributed by atoms with E-state index in [4.69, 9.17) is 9.15 Å². The summed E-state index contributed by atoms with van der Waals surface area (Å²) in [6.45, 7) is 0.261. The summed E-state index contributed by atoms with van der Waals surface area (Å²) in [5, 5.41) is 2.74. The van der Waals surface area contributed by atoms with Gasteiger partial charge >= 0.3 is 5.97 Å². The minimum Gasteiger partial charge on any atom is -0.462 e. The van der Waals surface area contributed by atoms with E-state index in [1.165, 1.54) is 37.0 Å².